The van der Waals surface area contributed by atoms with E-state index in [0.717, 1.165) is 18.5 Å². The fourth-order valence-corrected chi connectivity index (χ4v) is 2.22. The van der Waals surface area contributed by atoms with Crippen LogP contribution in [0.5, 0.6) is 0 Å². The van der Waals surface area contributed by atoms with Gasteiger partial charge < -0.3 is 15.7 Å². The molecular formula is C14H18N2O3. The number of carbonyl (C=O) groups excluding carboxylic acids is 1. The molecule has 1 heterocycles. The summed E-state index contributed by atoms with van der Waals surface area (Å²) in [4.78, 5) is 23.2. The fourth-order valence-electron chi connectivity index (χ4n) is 2.22. The molecule has 102 valence electrons. The highest BCUT2D eigenvalue weighted by molar-refractivity contribution is 5.85. The van der Waals surface area contributed by atoms with E-state index in [0.29, 0.717) is 13.0 Å². The molecule has 1 aromatic carbocycles. The zero-order valence-electron chi connectivity index (χ0n) is 10.6. The summed E-state index contributed by atoms with van der Waals surface area (Å²) in [5.74, 6) is -1.28. The van der Waals surface area contributed by atoms with Gasteiger partial charge in [0, 0.05) is 13.0 Å². The second kappa shape index (κ2) is 6.33. The minimum absolute atomic E-state index is 0.113. The number of aliphatic carboxylic acids is 1. The molecule has 2 rings (SSSR count). The van der Waals surface area contributed by atoms with Gasteiger partial charge in [-0.25, -0.2) is 4.79 Å². The first-order chi connectivity index (χ1) is 9.16. The number of nitrogens with one attached hydrogen (secondary N) is 2. The molecule has 2 atom stereocenters. The van der Waals surface area contributed by atoms with Crippen LogP contribution in [0.25, 0.3) is 0 Å². The molecule has 0 saturated carbocycles. The van der Waals surface area contributed by atoms with Crippen LogP contribution in [0.15, 0.2) is 30.3 Å². The number of carboxylic acids is 1. The Morgan fingerprint density at radius 2 is 2.11 bits per heavy atom. The van der Waals surface area contributed by atoms with Crippen molar-refractivity contribution in [3.8, 4) is 0 Å². The van der Waals surface area contributed by atoms with Crippen LogP contribution in [-0.2, 0) is 16.0 Å². The molecule has 3 N–H and O–H groups in total. The molecule has 0 aliphatic carbocycles. The van der Waals surface area contributed by atoms with Gasteiger partial charge in [-0.3, -0.25) is 4.79 Å². The van der Waals surface area contributed by atoms with Crippen molar-refractivity contribution in [1.29, 1.82) is 0 Å². The number of hydrogen-bond donors (Lipinski definition) is 3. The van der Waals surface area contributed by atoms with Crippen molar-refractivity contribution in [2.24, 2.45) is 5.92 Å². The Labute approximate surface area is 112 Å². The molecule has 0 aromatic heterocycles. The molecule has 1 unspecified atom stereocenters. The molecule has 5 heteroatoms. The van der Waals surface area contributed by atoms with Crippen LogP contribution in [0.1, 0.15) is 12.0 Å². The molecule has 0 spiro atoms. The van der Waals surface area contributed by atoms with Crippen LogP contribution in [-0.4, -0.2) is 36.1 Å². The first-order valence-corrected chi connectivity index (χ1v) is 6.44. The monoisotopic (exact) mass is 262 g/mol. The molecule has 1 amide bonds. The highest BCUT2D eigenvalue weighted by Crippen LogP contribution is 2.09. The normalized spacial score (nSPS) is 19.9. The average molecular weight is 262 g/mol. The van der Waals surface area contributed by atoms with Crippen molar-refractivity contribution in [3.63, 3.8) is 0 Å². The van der Waals surface area contributed by atoms with Crippen molar-refractivity contribution >= 4 is 11.9 Å². The number of amides is 1. The third-order valence-electron chi connectivity index (χ3n) is 3.33. The summed E-state index contributed by atoms with van der Waals surface area (Å²) in [6, 6.07) is 8.45. The molecule has 0 bridgehead atoms. The summed E-state index contributed by atoms with van der Waals surface area (Å²) < 4.78 is 0. The van der Waals surface area contributed by atoms with Crippen molar-refractivity contribution in [2.75, 3.05) is 13.1 Å². The second-order valence-electron chi connectivity index (χ2n) is 4.78. The number of rotatable bonds is 5. The van der Waals surface area contributed by atoms with Crippen LogP contribution >= 0.6 is 0 Å². The third kappa shape index (κ3) is 3.79. The van der Waals surface area contributed by atoms with E-state index in [9.17, 15) is 14.7 Å². The topological polar surface area (TPSA) is 78.4 Å². The van der Waals surface area contributed by atoms with Crippen molar-refractivity contribution in [3.05, 3.63) is 35.9 Å². The summed E-state index contributed by atoms with van der Waals surface area (Å²) >= 11 is 0. The molecule has 1 saturated heterocycles. The van der Waals surface area contributed by atoms with Gasteiger partial charge in [-0.05, 0) is 18.5 Å². The van der Waals surface area contributed by atoms with Crippen molar-refractivity contribution in [2.45, 2.75) is 18.9 Å². The lowest BCUT2D eigenvalue weighted by Gasteiger charge is -2.17. The van der Waals surface area contributed by atoms with Crippen LogP contribution in [0.4, 0.5) is 0 Å². The van der Waals surface area contributed by atoms with Gasteiger partial charge in [-0.2, -0.15) is 0 Å². The lowest BCUT2D eigenvalue weighted by atomic mass is 10.0. The zero-order valence-corrected chi connectivity index (χ0v) is 10.6. The summed E-state index contributed by atoms with van der Waals surface area (Å²) in [6.45, 7) is 1.44. The average Bonchev–Trinajstić information content (AvgIpc) is 2.93. The van der Waals surface area contributed by atoms with Gasteiger partial charge in [-0.1, -0.05) is 30.3 Å². The maximum atomic E-state index is 11.9. The molecule has 19 heavy (non-hydrogen) atoms. The molecule has 5 nitrogen and oxygen atoms in total. The van der Waals surface area contributed by atoms with E-state index < -0.39 is 12.0 Å². The maximum absolute atomic E-state index is 11.9. The summed E-state index contributed by atoms with van der Waals surface area (Å²) in [5, 5.41) is 14.9. The van der Waals surface area contributed by atoms with E-state index in [4.69, 9.17) is 0 Å². The summed E-state index contributed by atoms with van der Waals surface area (Å²) in [7, 11) is 0. The molecular weight excluding hydrogens is 244 g/mol. The number of hydrogen-bond acceptors (Lipinski definition) is 3. The van der Waals surface area contributed by atoms with Gasteiger partial charge in [0.25, 0.3) is 0 Å². The predicted molar refractivity (Wildman–Crippen MR) is 70.7 cm³/mol. The van der Waals surface area contributed by atoms with Gasteiger partial charge in [0.2, 0.25) is 5.91 Å². The number of carbonyl (C=O) groups is 2. The molecule has 1 fully saturated rings. The Hall–Kier alpha value is -1.88. The van der Waals surface area contributed by atoms with Gasteiger partial charge in [-0.15, -0.1) is 0 Å². The summed E-state index contributed by atoms with van der Waals surface area (Å²) in [5.41, 5.74) is 0.903. The Morgan fingerprint density at radius 1 is 1.37 bits per heavy atom. The predicted octanol–water partition coefficient (Wildman–Crippen LogP) is 0.408. The van der Waals surface area contributed by atoms with Gasteiger partial charge in [0.15, 0.2) is 0 Å². The number of benzene rings is 1. The zero-order chi connectivity index (χ0) is 13.7. The lowest BCUT2D eigenvalue weighted by Crippen LogP contribution is -2.45. The Balaban J connectivity index is 1.96. The highest BCUT2D eigenvalue weighted by atomic mass is 16.4. The minimum atomic E-state index is -0.997. The van der Waals surface area contributed by atoms with E-state index in [1.807, 2.05) is 30.3 Å². The first-order valence-electron chi connectivity index (χ1n) is 6.44. The minimum Gasteiger partial charge on any atom is -0.480 e. The SMILES string of the molecule is O=C(N[C@H](Cc1ccccc1)C(=O)O)C1CCNC1. The lowest BCUT2D eigenvalue weighted by molar-refractivity contribution is -0.142. The molecule has 1 aromatic rings. The Bertz CT molecular complexity index is 441. The fraction of sp³-hybridized carbons (Fsp3) is 0.429. The number of carboxylic acid groups (broad SMARTS) is 1. The maximum Gasteiger partial charge on any atom is 0.326 e. The third-order valence-corrected chi connectivity index (χ3v) is 3.33. The van der Waals surface area contributed by atoms with Crippen molar-refractivity contribution in [1.82, 2.24) is 10.6 Å². The van der Waals surface area contributed by atoms with Gasteiger partial charge in [0.05, 0.1) is 5.92 Å². The van der Waals surface area contributed by atoms with E-state index in [-0.39, 0.29) is 11.8 Å². The smallest absolute Gasteiger partial charge is 0.326 e. The Morgan fingerprint density at radius 3 is 2.68 bits per heavy atom. The second-order valence-corrected chi connectivity index (χ2v) is 4.78. The molecule has 1 aliphatic heterocycles. The molecule has 1 aliphatic rings. The molecule has 0 radical (unpaired) electrons. The van der Waals surface area contributed by atoms with Crippen LogP contribution in [0, 0.1) is 5.92 Å². The van der Waals surface area contributed by atoms with E-state index in [1.54, 1.807) is 0 Å². The quantitative estimate of drug-likeness (QED) is 0.718. The first kappa shape index (κ1) is 13.5. The van der Waals surface area contributed by atoms with E-state index in [1.165, 1.54) is 0 Å². The largest absolute Gasteiger partial charge is 0.480 e. The van der Waals surface area contributed by atoms with Crippen LogP contribution < -0.4 is 10.6 Å². The van der Waals surface area contributed by atoms with Crippen molar-refractivity contribution < 1.29 is 14.7 Å². The van der Waals surface area contributed by atoms with Gasteiger partial charge >= 0.3 is 5.97 Å². The van der Waals surface area contributed by atoms with E-state index in [2.05, 4.69) is 10.6 Å². The summed E-state index contributed by atoms with van der Waals surface area (Å²) in [6.07, 6.45) is 1.07. The van der Waals surface area contributed by atoms with E-state index >= 15 is 0 Å². The highest BCUT2D eigenvalue weighted by Gasteiger charge is 2.27. The van der Waals surface area contributed by atoms with Crippen LogP contribution in [0.2, 0.25) is 0 Å². The standard InChI is InChI=1S/C14H18N2O3/c17-13(11-6-7-15-9-11)16-12(14(18)19)8-10-4-2-1-3-5-10/h1-5,11-12,15H,6-9H2,(H,16,17)(H,18,19)/t11?,12-/m1/s1. The van der Waals surface area contributed by atoms with Crippen LogP contribution in [0.3, 0.4) is 0 Å². The Kier molecular flexibility index (Phi) is 4.52. The van der Waals surface area contributed by atoms with Gasteiger partial charge in [0.1, 0.15) is 6.04 Å².